The largest absolute Gasteiger partial charge is 0.350 e. The Bertz CT molecular complexity index is 884. The summed E-state index contributed by atoms with van der Waals surface area (Å²) in [6.07, 6.45) is 1.70. The number of hydrogen-bond donors (Lipinski definition) is 1. The molecule has 7 heteroatoms. The number of thiophene rings is 1. The van der Waals surface area contributed by atoms with Gasteiger partial charge in [0.2, 0.25) is 5.91 Å². The maximum Gasteiger partial charge on any atom is 0.294 e. The molecule has 3 amide bonds. The molecule has 0 unspecified atom stereocenters. The van der Waals surface area contributed by atoms with Gasteiger partial charge in [0.05, 0.1) is 4.91 Å². The van der Waals surface area contributed by atoms with E-state index in [0.717, 1.165) is 37.5 Å². The first-order chi connectivity index (χ1) is 12.4. The third-order valence-electron chi connectivity index (χ3n) is 3.82. The molecule has 1 saturated heterocycles. The summed E-state index contributed by atoms with van der Waals surface area (Å²) in [4.78, 5) is 40.0. The SMILES string of the molecule is Cc1ccc(CNC(=O)CN2C(=O)S/C(=C\c3ccc(C)s3)C2=O)cc1. The minimum atomic E-state index is -0.420. The zero-order valence-corrected chi connectivity index (χ0v) is 16.1. The zero-order valence-electron chi connectivity index (χ0n) is 14.4. The summed E-state index contributed by atoms with van der Waals surface area (Å²) in [5.41, 5.74) is 2.11. The van der Waals surface area contributed by atoms with Gasteiger partial charge in [-0.2, -0.15) is 0 Å². The topological polar surface area (TPSA) is 66.5 Å². The molecule has 0 aliphatic carbocycles. The second kappa shape index (κ2) is 7.88. The number of carbonyl (C=O) groups excluding carboxylic acids is 3. The number of nitrogens with zero attached hydrogens (tertiary/aromatic N) is 1. The van der Waals surface area contributed by atoms with E-state index in [4.69, 9.17) is 0 Å². The smallest absolute Gasteiger partial charge is 0.294 e. The van der Waals surface area contributed by atoms with E-state index in [1.54, 1.807) is 17.4 Å². The van der Waals surface area contributed by atoms with E-state index in [-0.39, 0.29) is 12.5 Å². The molecule has 2 heterocycles. The number of carbonyl (C=O) groups is 3. The number of thioether (sulfide) groups is 1. The fourth-order valence-corrected chi connectivity index (χ4v) is 4.13. The summed E-state index contributed by atoms with van der Waals surface area (Å²) in [6.45, 7) is 4.07. The summed E-state index contributed by atoms with van der Waals surface area (Å²) in [5.74, 6) is -0.780. The van der Waals surface area contributed by atoms with Gasteiger partial charge in [-0.1, -0.05) is 29.8 Å². The molecule has 0 bridgehead atoms. The van der Waals surface area contributed by atoms with Gasteiger partial charge in [0, 0.05) is 16.3 Å². The summed E-state index contributed by atoms with van der Waals surface area (Å²) in [6, 6.07) is 11.7. The molecule has 26 heavy (non-hydrogen) atoms. The summed E-state index contributed by atoms with van der Waals surface area (Å²) < 4.78 is 0. The van der Waals surface area contributed by atoms with Crippen LogP contribution >= 0.6 is 23.1 Å². The van der Waals surface area contributed by atoms with Crippen LogP contribution < -0.4 is 5.32 Å². The van der Waals surface area contributed by atoms with Crippen LogP contribution in [0.5, 0.6) is 0 Å². The van der Waals surface area contributed by atoms with E-state index in [1.165, 1.54) is 0 Å². The third-order valence-corrected chi connectivity index (χ3v) is 5.68. The van der Waals surface area contributed by atoms with Crippen LogP contribution in [0.3, 0.4) is 0 Å². The van der Waals surface area contributed by atoms with Gasteiger partial charge >= 0.3 is 0 Å². The van der Waals surface area contributed by atoms with Crippen molar-refractivity contribution in [1.82, 2.24) is 10.2 Å². The van der Waals surface area contributed by atoms with Gasteiger partial charge in [-0.15, -0.1) is 11.3 Å². The Labute approximate surface area is 160 Å². The molecular formula is C19H18N2O3S2. The fraction of sp³-hybridized carbons (Fsp3) is 0.211. The first-order valence-corrected chi connectivity index (χ1v) is 9.70. The van der Waals surface area contributed by atoms with Crippen molar-refractivity contribution in [3.8, 4) is 0 Å². The predicted molar refractivity (Wildman–Crippen MR) is 105 cm³/mol. The highest BCUT2D eigenvalue weighted by Crippen LogP contribution is 2.33. The van der Waals surface area contributed by atoms with Crippen molar-refractivity contribution in [3.05, 3.63) is 62.2 Å². The minimum Gasteiger partial charge on any atom is -0.350 e. The molecule has 1 aromatic heterocycles. The van der Waals surface area contributed by atoms with Crippen molar-refractivity contribution < 1.29 is 14.4 Å². The molecule has 1 aliphatic heterocycles. The van der Waals surface area contributed by atoms with Gasteiger partial charge in [0.1, 0.15) is 6.54 Å². The second-order valence-corrected chi connectivity index (χ2v) is 8.29. The Kier molecular flexibility index (Phi) is 5.58. The number of benzene rings is 1. The van der Waals surface area contributed by atoms with E-state index >= 15 is 0 Å². The van der Waals surface area contributed by atoms with Crippen molar-refractivity contribution in [2.24, 2.45) is 0 Å². The third kappa shape index (κ3) is 4.42. The molecule has 134 valence electrons. The van der Waals surface area contributed by atoms with Crippen molar-refractivity contribution in [1.29, 1.82) is 0 Å². The lowest BCUT2D eigenvalue weighted by Gasteiger charge is -2.12. The summed E-state index contributed by atoms with van der Waals surface area (Å²) >= 11 is 2.42. The molecule has 1 aromatic carbocycles. The lowest BCUT2D eigenvalue weighted by Crippen LogP contribution is -2.39. The fourth-order valence-electron chi connectivity index (χ4n) is 2.40. The second-order valence-electron chi connectivity index (χ2n) is 5.98. The number of amides is 3. The molecule has 0 spiro atoms. The highest BCUT2D eigenvalue weighted by atomic mass is 32.2. The van der Waals surface area contributed by atoms with Crippen molar-refractivity contribution in [3.63, 3.8) is 0 Å². The molecular weight excluding hydrogens is 368 g/mol. The normalized spacial score (nSPS) is 15.8. The zero-order chi connectivity index (χ0) is 18.7. The van der Waals surface area contributed by atoms with Crippen LogP contribution in [-0.4, -0.2) is 28.5 Å². The van der Waals surface area contributed by atoms with Crippen LogP contribution in [0.1, 0.15) is 20.9 Å². The Morgan fingerprint density at radius 2 is 1.85 bits per heavy atom. The van der Waals surface area contributed by atoms with Crippen molar-refractivity contribution >= 4 is 46.2 Å². The van der Waals surface area contributed by atoms with Crippen molar-refractivity contribution in [2.45, 2.75) is 20.4 Å². The Hall–Kier alpha value is -2.38. The Morgan fingerprint density at radius 1 is 1.12 bits per heavy atom. The Morgan fingerprint density at radius 3 is 2.50 bits per heavy atom. The number of aryl methyl sites for hydroxylation is 2. The molecule has 0 saturated carbocycles. The summed E-state index contributed by atoms with van der Waals surface area (Å²) in [7, 11) is 0. The number of rotatable bonds is 5. The maximum atomic E-state index is 12.4. The first kappa shape index (κ1) is 18.4. The van der Waals surface area contributed by atoms with E-state index in [2.05, 4.69) is 5.32 Å². The molecule has 0 radical (unpaired) electrons. The van der Waals surface area contributed by atoms with E-state index in [0.29, 0.717) is 11.4 Å². The minimum absolute atomic E-state index is 0.267. The van der Waals surface area contributed by atoms with Gasteiger partial charge < -0.3 is 5.32 Å². The van der Waals surface area contributed by atoms with E-state index < -0.39 is 11.1 Å². The lowest BCUT2D eigenvalue weighted by molar-refractivity contribution is -0.129. The number of imide groups is 1. The monoisotopic (exact) mass is 386 g/mol. The van der Waals surface area contributed by atoms with Gasteiger partial charge in [-0.05, 0) is 49.4 Å². The lowest BCUT2D eigenvalue weighted by atomic mass is 10.1. The molecule has 1 fully saturated rings. The van der Waals surface area contributed by atoms with Crippen LogP contribution in [0.2, 0.25) is 0 Å². The molecule has 1 aliphatic rings. The highest BCUT2D eigenvalue weighted by molar-refractivity contribution is 8.18. The van der Waals surface area contributed by atoms with Crippen LogP contribution in [0.4, 0.5) is 4.79 Å². The number of hydrogen-bond acceptors (Lipinski definition) is 5. The van der Waals surface area contributed by atoms with Crippen molar-refractivity contribution in [2.75, 3.05) is 6.54 Å². The number of nitrogens with one attached hydrogen (secondary N) is 1. The van der Waals surface area contributed by atoms with E-state index in [9.17, 15) is 14.4 Å². The van der Waals surface area contributed by atoms with Crippen LogP contribution in [0.15, 0.2) is 41.3 Å². The molecule has 5 nitrogen and oxygen atoms in total. The quantitative estimate of drug-likeness (QED) is 0.796. The first-order valence-electron chi connectivity index (χ1n) is 8.06. The van der Waals surface area contributed by atoms with E-state index in [1.807, 2.05) is 50.2 Å². The Balaban J connectivity index is 1.59. The molecule has 3 rings (SSSR count). The average Bonchev–Trinajstić information content (AvgIpc) is 3.13. The molecule has 1 N–H and O–H groups in total. The average molecular weight is 386 g/mol. The highest BCUT2D eigenvalue weighted by Gasteiger charge is 2.36. The van der Waals surface area contributed by atoms with Gasteiger partial charge in [-0.3, -0.25) is 19.3 Å². The van der Waals surface area contributed by atoms with Gasteiger partial charge in [-0.25, -0.2) is 0 Å². The standard InChI is InChI=1S/C19H18N2O3S2/c1-12-3-6-14(7-4-12)10-20-17(22)11-21-18(23)16(26-19(21)24)9-15-8-5-13(2)25-15/h3-9H,10-11H2,1-2H3,(H,20,22)/b16-9-. The molecule has 2 aromatic rings. The van der Waals surface area contributed by atoms with Crippen LogP contribution in [-0.2, 0) is 16.1 Å². The predicted octanol–water partition coefficient (Wildman–Crippen LogP) is 3.72. The molecule has 0 atom stereocenters. The summed E-state index contributed by atoms with van der Waals surface area (Å²) in [5, 5.41) is 2.33. The van der Waals surface area contributed by atoms with Crippen LogP contribution in [0, 0.1) is 13.8 Å². The van der Waals surface area contributed by atoms with Gasteiger partial charge in [0.15, 0.2) is 0 Å². The maximum absolute atomic E-state index is 12.4. The van der Waals surface area contributed by atoms with Crippen LogP contribution in [0.25, 0.3) is 6.08 Å². The van der Waals surface area contributed by atoms with Gasteiger partial charge in [0.25, 0.3) is 11.1 Å².